The Morgan fingerprint density at radius 3 is 2.60 bits per heavy atom. The molecular weight excluding hydrogens is 297 g/mol. The number of methoxy groups -OCH3 is 1. The second kappa shape index (κ2) is 6.78. The third-order valence-corrected chi connectivity index (χ3v) is 3.21. The van der Waals surface area contributed by atoms with E-state index in [1.807, 2.05) is 0 Å². The average Bonchev–Trinajstić information content (AvgIpc) is 2.66. The molecule has 0 saturated carbocycles. The van der Waals surface area contributed by atoms with Crippen LogP contribution in [0, 0.1) is 0 Å². The summed E-state index contributed by atoms with van der Waals surface area (Å²) < 4.78 is 42.8. The first-order valence-electron chi connectivity index (χ1n) is 6.17. The van der Waals surface area contributed by atoms with E-state index in [2.05, 4.69) is 5.10 Å². The maximum absolute atomic E-state index is 12.2. The Kier molecular flexibility index (Phi) is 5.85. The van der Waals surface area contributed by atoms with Gasteiger partial charge >= 0.3 is 6.18 Å². The molecule has 0 amide bonds. The summed E-state index contributed by atoms with van der Waals surface area (Å²) in [5.41, 5.74) is -1.15. The minimum Gasteiger partial charge on any atom is -0.384 e. The number of aliphatic hydroxyl groups is 1. The lowest BCUT2D eigenvalue weighted by Crippen LogP contribution is -2.27. The lowest BCUT2D eigenvalue weighted by atomic mass is 9.95. The van der Waals surface area contributed by atoms with Gasteiger partial charge in [0.1, 0.15) is 5.60 Å². The van der Waals surface area contributed by atoms with Crippen LogP contribution in [-0.4, -0.2) is 34.8 Å². The normalized spacial score (nSPS) is 15.3. The molecule has 0 spiro atoms. The lowest BCUT2D eigenvalue weighted by molar-refractivity contribution is -0.138. The maximum Gasteiger partial charge on any atom is 0.389 e. The lowest BCUT2D eigenvalue weighted by Gasteiger charge is -2.25. The zero-order chi connectivity index (χ0) is 15.4. The van der Waals surface area contributed by atoms with Crippen molar-refractivity contribution in [3.8, 4) is 0 Å². The zero-order valence-electron chi connectivity index (χ0n) is 11.4. The number of hydrogen-bond donors (Lipinski definition) is 1. The molecule has 0 aliphatic carbocycles. The number of ether oxygens (including phenoxy) is 1. The van der Waals surface area contributed by atoms with Gasteiger partial charge in [0.05, 0.1) is 30.1 Å². The summed E-state index contributed by atoms with van der Waals surface area (Å²) >= 11 is 5.97. The Labute approximate surface area is 120 Å². The number of alkyl halides is 3. The van der Waals surface area contributed by atoms with Crippen molar-refractivity contribution in [3.63, 3.8) is 0 Å². The Bertz CT molecular complexity index is 433. The van der Waals surface area contributed by atoms with Crippen LogP contribution in [0.3, 0.4) is 0 Å². The van der Waals surface area contributed by atoms with Gasteiger partial charge in [-0.15, -0.1) is 0 Å². The molecule has 1 atom stereocenters. The first-order valence-corrected chi connectivity index (χ1v) is 6.55. The molecule has 0 saturated heterocycles. The molecule has 1 unspecified atom stereocenters. The Balaban J connectivity index is 2.77. The van der Waals surface area contributed by atoms with Gasteiger partial charge < -0.3 is 9.84 Å². The molecule has 0 aromatic carbocycles. The van der Waals surface area contributed by atoms with E-state index < -0.39 is 18.2 Å². The number of nitrogens with zero attached hydrogens (tertiary/aromatic N) is 2. The van der Waals surface area contributed by atoms with Crippen molar-refractivity contribution in [1.29, 1.82) is 0 Å². The summed E-state index contributed by atoms with van der Waals surface area (Å²) in [4.78, 5) is 0. The van der Waals surface area contributed by atoms with Gasteiger partial charge in [0.15, 0.2) is 0 Å². The van der Waals surface area contributed by atoms with Crippen LogP contribution in [-0.2, 0) is 16.9 Å². The molecule has 8 heteroatoms. The summed E-state index contributed by atoms with van der Waals surface area (Å²) in [5, 5.41) is 14.6. The van der Waals surface area contributed by atoms with Crippen LogP contribution in [0.25, 0.3) is 0 Å². The van der Waals surface area contributed by atoms with Crippen molar-refractivity contribution >= 4 is 11.6 Å². The molecule has 20 heavy (non-hydrogen) atoms. The molecule has 1 aromatic heterocycles. The van der Waals surface area contributed by atoms with E-state index >= 15 is 0 Å². The molecule has 1 rings (SSSR count). The summed E-state index contributed by atoms with van der Waals surface area (Å²) in [5.74, 6) is 0. The van der Waals surface area contributed by atoms with E-state index in [4.69, 9.17) is 16.3 Å². The van der Waals surface area contributed by atoms with Crippen molar-refractivity contribution in [3.05, 3.63) is 16.9 Å². The third kappa shape index (κ3) is 4.96. The topological polar surface area (TPSA) is 47.3 Å². The number of hydrogen-bond acceptors (Lipinski definition) is 3. The molecule has 4 nitrogen and oxygen atoms in total. The van der Waals surface area contributed by atoms with Crippen LogP contribution in [0.15, 0.2) is 6.20 Å². The van der Waals surface area contributed by atoms with Crippen LogP contribution in [0.5, 0.6) is 0 Å². The molecule has 0 radical (unpaired) electrons. The smallest absolute Gasteiger partial charge is 0.384 e. The van der Waals surface area contributed by atoms with Crippen LogP contribution >= 0.6 is 11.6 Å². The monoisotopic (exact) mass is 314 g/mol. The van der Waals surface area contributed by atoms with E-state index in [0.717, 1.165) is 0 Å². The van der Waals surface area contributed by atoms with Gasteiger partial charge in [0, 0.05) is 13.5 Å². The Hall–Kier alpha value is -0.790. The van der Waals surface area contributed by atoms with Crippen LogP contribution in [0.2, 0.25) is 5.02 Å². The van der Waals surface area contributed by atoms with Gasteiger partial charge in [-0.05, 0) is 19.8 Å². The Morgan fingerprint density at radius 2 is 2.05 bits per heavy atom. The fraction of sp³-hybridized carbons (Fsp3) is 0.750. The molecule has 0 fully saturated rings. The molecule has 0 bridgehead atoms. The molecule has 0 aliphatic rings. The largest absolute Gasteiger partial charge is 0.389 e. The van der Waals surface area contributed by atoms with Gasteiger partial charge in [-0.2, -0.15) is 18.3 Å². The molecule has 1 aromatic rings. The first-order chi connectivity index (χ1) is 9.17. The van der Waals surface area contributed by atoms with E-state index in [1.54, 1.807) is 0 Å². The summed E-state index contributed by atoms with van der Waals surface area (Å²) in [7, 11) is 1.52. The standard InChI is InChI=1S/C12H18ClF3N2O2/c1-11(19,4-3-5-12(14,15)16)10-9(13)8-17-18(10)6-7-20-2/h8,19H,3-7H2,1-2H3. The van der Waals surface area contributed by atoms with Crippen LogP contribution in [0.4, 0.5) is 13.2 Å². The second-order valence-electron chi connectivity index (χ2n) is 4.80. The maximum atomic E-state index is 12.2. The predicted octanol–water partition coefficient (Wildman–Crippen LogP) is 3.12. The second-order valence-corrected chi connectivity index (χ2v) is 5.21. The highest BCUT2D eigenvalue weighted by molar-refractivity contribution is 6.31. The molecule has 0 aliphatic heterocycles. The summed E-state index contributed by atoms with van der Waals surface area (Å²) in [6, 6.07) is 0. The summed E-state index contributed by atoms with van der Waals surface area (Å²) in [6.45, 7) is 2.17. The van der Waals surface area contributed by atoms with E-state index in [9.17, 15) is 18.3 Å². The van der Waals surface area contributed by atoms with E-state index in [0.29, 0.717) is 18.8 Å². The van der Waals surface area contributed by atoms with Gasteiger partial charge in [0.25, 0.3) is 0 Å². The fourth-order valence-electron chi connectivity index (χ4n) is 2.00. The SMILES string of the molecule is COCCn1ncc(Cl)c1C(C)(O)CCCC(F)(F)F. The van der Waals surface area contributed by atoms with Crippen LogP contribution in [0.1, 0.15) is 31.9 Å². The predicted molar refractivity (Wildman–Crippen MR) is 68.6 cm³/mol. The molecular formula is C12H18ClF3N2O2. The highest BCUT2D eigenvalue weighted by Gasteiger charge is 2.33. The minimum atomic E-state index is -4.23. The zero-order valence-corrected chi connectivity index (χ0v) is 12.1. The highest BCUT2D eigenvalue weighted by atomic mass is 35.5. The minimum absolute atomic E-state index is 0.0507. The van der Waals surface area contributed by atoms with E-state index in [1.165, 1.54) is 24.9 Å². The van der Waals surface area contributed by atoms with Crippen LogP contribution < -0.4 is 0 Å². The quantitative estimate of drug-likeness (QED) is 0.841. The van der Waals surface area contributed by atoms with Crippen molar-refractivity contribution in [1.82, 2.24) is 9.78 Å². The van der Waals surface area contributed by atoms with Gasteiger partial charge in [-0.3, -0.25) is 4.68 Å². The van der Waals surface area contributed by atoms with Gasteiger partial charge in [-0.25, -0.2) is 0 Å². The molecule has 116 valence electrons. The van der Waals surface area contributed by atoms with Crippen molar-refractivity contribution in [2.24, 2.45) is 0 Å². The Morgan fingerprint density at radius 1 is 1.40 bits per heavy atom. The molecule has 1 heterocycles. The van der Waals surface area contributed by atoms with Crippen molar-refractivity contribution < 1.29 is 23.0 Å². The molecule has 1 N–H and O–H groups in total. The average molecular weight is 315 g/mol. The van der Waals surface area contributed by atoms with E-state index in [-0.39, 0.29) is 17.9 Å². The number of rotatable bonds is 7. The third-order valence-electron chi connectivity index (χ3n) is 2.94. The van der Waals surface area contributed by atoms with Gasteiger partial charge in [0.2, 0.25) is 0 Å². The number of halogens is 4. The first kappa shape index (κ1) is 17.3. The van der Waals surface area contributed by atoms with Crippen molar-refractivity contribution in [2.75, 3.05) is 13.7 Å². The van der Waals surface area contributed by atoms with Gasteiger partial charge in [-0.1, -0.05) is 11.6 Å². The fourth-order valence-corrected chi connectivity index (χ4v) is 2.34. The summed E-state index contributed by atoms with van der Waals surface area (Å²) in [6.07, 6.45) is -4.03. The number of aromatic nitrogens is 2. The highest BCUT2D eigenvalue weighted by Crippen LogP contribution is 2.34. The van der Waals surface area contributed by atoms with Crippen molar-refractivity contribution in [2.45, 2.75) is 44.5 Å².